The highest BCUT2D eigenvalue weighted by Gasteiger charge is 1.98. The highest BCUT2D eigenvalue weighted by molar-refractivity contribution is 5.82. The summed E-state index contributed by atoms with van der Waals surface area (Å²) < 4.78 is 18.3. The fourth-order valence-electron chi connectivity index (χ4n) is 1.66. The van der Waals surface area contributed by atoms with E-state index in [0.29, 0.717) is 17.0 Å². The van der Waals surface area contributed by atoms with Crippen LogP contribution in [0.2, 0.25) is 0 Å². The number of ether oxygens (including phenoxy) is 1. The molecule has 2 rings (SSSR count). The van der Waals surface area contributed by atoms with Gasteiger partial charge in [0, 0.05) is 6.21 Å². The summed E-state index contributed by atoms with van der Waals surface area (Å²) in [4.78, 5) is 14.9. The number of benzene rings is 2. The number of halogens is 1. The van der Waals surface area contributed by atoms with E-state index in [1.165, 1.54) is 6.07 Å². The normalized spacial score (nSPS) is 10.8. The molecule has 0 aliphatic carbocycles. The monoisotopic (exact) mass is 286 g/mol. The number of amides is 1. The Morgan fingerprint density at radius 3 is 2.62 bits per heavy atom. The molecule has 0 atom stereocenters. The Balaban J connectivity index is 2.03. The highest BCUT2D eigenvalue weighted by atomic mass is 19.1. The Hall–Kier alpha value is -2.69. The van der Waals surface area contributed by atoms with E-state index in [2.05, 4.69) is 4.99 Å². The van der Waals surface area contributed by atoms with Gasteiger partial charge in [-0.2, -0.15) is 0 Å². The van der Waals surface area contributed by atoms with Crippen molar-refractivity contribution in [1.29, 1.82) is 0 Å². The third-order valence-electron chi connectivity index (χ3n) is 2.77. The van der Waals surface area contributed by atoms with E-state index in [1.807, 2.05) is 0 Å². The lowest BCUT2D eigenvalue weighted by molar-refractivity contribution is -0.119. The molecule has 0 aromatic heterocycles. The SMILES string of the molecule is Cc1cc(N=Cc2ccc(OCC(N)=O)cc2)ccc1F. The maximum absolute atomic E-state index is 13.1. The van der Waals surface area contributed by atoms with Crippen molar-refractivity contribution in [3.8, 4) is 5.75 Å². The van der Waals surface area contributed by atoms with Crippen molar-refractivity contribution in [1.82, 2.24) is 0 Å². The summed E-state index contributed by atoms with van der Waals surface area (Å²) in [6.07, 6.45) is 1.67. The second-order valence-corrected chi connectivity index (χ2v) is 4.52. The van der Waals surface area contributed by atoms with Gasteiger partial charge in [-0.3, -0.25) is 9.79 Å². The molecule has 0 saturated carbocycles. The minimum absolute atomic E-state index is 0.151. The third-order valence-corrected chi connectivity index (χ3v) is 2.77. The van der Waals surface area contributed by atoms with Crippen LogP contribution in [-0.4, -0.2) is 18.7 Å². The zero-order chi connectivity index (χ0) is 15.2. The largest absolute Gasteiger partial charge is 0.484 e. The van der Waals surface area contributed by atoms with E-state index in [9.17, 15) is 9.18 Å². The quantitative estimate of drug-likeness (QED) is 0.859. The van der Waals surface area contributed by atoms with Crippen LogP contribution in [0.5, 0.6) is 5.75 Å². The van der Waals surface area contributed by atoms with E-state index in [0.717, 1.165) is 5.56 Å². The van der Waals surface area contributed by atoms with Gasteiger partial charge in [0.25, 0.3) is 5.91 Å². The van der Waals surface area contributed by atoms with Crippen LogP contribution in [0, 0.1) is 12.7 Å². The van der Waals surface area contributed by atoms with Gasteiger partial charge in [0.1, 0.15) is 11.6 Å². The van der Waals surface area contributed by atoms with Crippen molar-refractivity contribution in [3.05, 3.63) is 59.4 Å². The van der Waals surface area contributed by atoms with Gasteiger partial charge < -0.3 is 10.5 Å². The van der Waals surface area contributed by atoms with Crippen molar-refractivity contribution in [2.45, 2.75) is 6.92 Å². The van der Waals surface area contributed by atoms with Gasteiger partial charge in [-0.05, 0) is 60.5 Å². The van der Waals surface area contributed by atoms with Crippen LogP contribution in [0.25, 0.3) is 0 Å². The number of hydrogen-bond donors (Lipinski definition) is 1. The molecule has 2 aromatic carbocycles. The van der Waals surface area contributed by atoms with E-state index >= 15 is 0 Å². The van der Waals surface area contributed by atoms with Gasteiger partial charge in [-0.1, -0.05) is 0 Å². The van der Waals surface area contributed by atoms with Crippen LogP contribution in [-0.2, 0) is 4.79 Å². The van der Waals surface area contributed by atoms with E-state index < -0.39 is 5.91 Å². The summed E-state index contributed by atoms with van der Waals surface area (Å²) in [5.41, 5.74) is 7.10. The van der Waals surface area contributed by atoms with Gasteiger partial charge in [0.05, 0.1) is 5.69 Å². The zero-order valence-corrected chi connectivity index (χ0v) is 11.5. The molecule has 0 bridgehead atoms. The smallest absolute Gasteiger partial charge is 0.255 e. The average Bonchev–Trinajstić information content (AvgIpc) is 2.47. The van der Waals surface area contributed by atoms with Crippen LogP contribution >= 0.6 is 0 Å². The summed E-state index contributed by atoms with van der Waals surface area (Å²) >= 11 is 0. The molecule has 1 amide bonds. The standard InChI is InChI=1S/C16H15FN2O2/c1-11-8-13(4-7-15(11)17)19-9-12-2-5-14(6-3-12)21-10-16(18)20/h2-9H,10H2,1H3,(H2,18,20). The maximum Gasteiger partial charge on any atom is 0.255 e. The zero-order valence-electron chi connectivity index (χ0n) is 11.5. The second-order valence-electron chi connectivity index (χ2n) is 4.52. The van der Waals surface area contributed by atoms with Crippen LogP contribution < -0.4 is 10.5 Å². The van der Waals surface area contributed by atoms with Crippen LogP contribution in [0.15, 0.2) is 47.5 Å². The fourth-order valence-corrected chi connectivity index (χ4v) is 1.66. The Morgan fingerprint density at radius 2 is 2.00 bits per heavy atom. The van der Waals surface area contributed by atoms with E-state index in [4.69, 9.17) is 10.5 Å². The first-order chi connectivity index (χ1) is 10.0. The first-order valence-corrected chi connectivity index (χ1v) is 6.36. The van der Waals surface area contributed by atoms with E-state index in [-0.39, 0.29) is 12.4 Å². The molecule has 21 heavy (non-hydrogen) atoms. The molecular weight excluding hydrogens is 271 g/mol. The Labute approximate surface area is 122 Å². The predicted molar refractivity (Wildman–Crippen MR) is 79.5 cm³/mol. The van der Waals surface area contributed by atoms with Gasteiger partial charge in [0.2, 0.25) is 0 Å². The van der Waals surface area contributed by atoms with Crippen LogP contribution in [0.1, 0.15) is 11.1 Å². The molecule has 0 spiro atoms. The molecule has 0 aliphatic rings. The first-order valence-electron chi connectivity index (χ1n) is 6.36. The molecule has 0 fully saturated rings. The molecule has 0 radical (unpaired) electrons. The van der Waals surface area contributed by atoms with Gasteiger partial charge >= 0.3 is 0 Å². The van der Waals surface area contributed by atoms with Crippen molar-refractivity contribution in [3.63, 3.8) is 0 Å². The van der Waals surface area contributed by atoms with Crippen molar-refractivity contribution >= 4 is 17.8 Å². The summed E-state index contributed by atoms with van der Waals surface area (Å²) in [6.45, 7) is 1.54. The molecule has 0 saturated heterocycles. The molecule has 108 valence electrons. The lowest BCUT2D eigenvalue weighted by Crippen LogP contribution is -2.19. The second kappa shape index (κ2) is 6.65. The highest BCUT2D eigenvalue weighted by Crippen LogP contribution is 2.17. The molecule has 0 unspecified atom stereocenters. The number of aryl methyl sites for hydroxylation is 1. The number of nitrogens with zero attached hydrogens (tertiary/aromatic N) is 1. The number of hydrogen-bond acceptors (Lipinski definition) is 3. The third kappa shape index (κ3) is 4.42. The summed E-state index contributed by atoms with van der Waals surface area (Å²) in [5, 5.41) is 0. The number of rotatable bonds is 5. The molecule has 2 aromatic rings. The van der Waals surface area contributed by atoms with Crippen molar-refractivity contribution < 1.29 is 13.9 Å². The average molecular weight is 286 g/mol. The van der Waals surface area contributed by atoms with E-state index in [1.54, 1.807) is 49.5 Å². The molecule has 4 nitrogen and oxygen atoms in total. The van der Waals surface area contributed by atoms with Crippen LogP contribution in [0.3, 0.4) is 0 Å². The number of carbonyl (C=O) groups is 1. The first kappa shape index (κ1) is 14.7. The van der Waals surface area contributed by atoms with Gasteiger partial charge in [-0.25, -0.2) is 4.39 Å². The van der Waals surface area contributed by atoms with Crippen molar-refractivity contribution in [2.75, 3.05) is 6.61 Å². The summed E-state index contributed by atoms with van der Waals surface area (Å²) in [6, 6.07) is 11.7. The fraction of sp³-hybridized carbons (Fsp3) is 0.125. The minimum Gasteiger partial charge on any atom is -0.484 e. The number of aliphatic imine (C=N–C) groups is 1. The lowest BCUT2D eigenvalue weighted by Gasteiger charge is -2.03. The minimum atomic E-state index is -0.521. The number of nitrogens with two attached hydrogens (primary N) is 1. The van der Waals surface area contributed by atoms with Gasteiger partial charge in [-0.15, -0.1) is 0 Å². The molecule has 0 aliphatic heterocycles. The molecular formula is C16H15FN2O2. The number of carbonyl (C=O) groups excluding carboxylic acids is 1. The Morgan fingerprint density at radius 1 is 1.29 bits per heavy atom. The Kier molecular flexibility index (Phi) is 4.66. The topological polar surface area (TPSA) is 64.7 Å². The Bertz CT molecular complexity index is 666. The maximum atomic E-state index is 13.1. The lowest BCUT2D eigenvalue weighted by atomic mass is 10.2. The van der Waals surface area contributed by atoms with Gasteiger partial charge in [0.15, 0.2) is 6.61 Å². The van der Waals surface area contributed by atoms with Crippen LogP contribution in [0.4, 0.5) is 10.1 Å². The summed E-state index contributed by atoms with van der Waals surface area (Å²) in [7, 11) is 0. The van der Waals surface area contributed by atoms with Crippen molar-refractivity contribution in [2.24, 2.45) is 10.7 Å². The predicted octanol–water partition coefficient (Wildman–Crippen LogP) is 2.75. The molecule has 0 heterocycles. The molecule has 2 N–H and O–H groups in total. The summed E-state index contributed by atoms with van der Waals surface area (Å²) in [5.74, 6) is -0.208. The number of primary amides is 1. The molecule has 5 heteroatoms.